The van der Waals surface area contributed by atoms with Crippen LogP contribution in [0.25, 0.3) is 0 Å². The summed E-state index contributed by atoms with van der Waals surface area (Å²) in [6.45, 7) is 2.28. The van der Waals surface area contributed by atoms with Gasteiger partial charge in [-0.3, -0.25) is 0 Å². The Morgan fingerprint density at radius 1 is 1.12 bits per heavy atom. The molecule has 1 aromatic rings. The molecular formula is C14H19ClO. The zero-order chi connectivity index (χ0) is 11.4. The summed E-state index contributed by atoms with van der Waals surface area (Å²) in [6.07, 6.45) is 6.74. The van der Waals surface area contributed by atoms with Crippen molar-refractivity contribution >= 4 is 11.6 Å². The second-order valence-electron chi connectivity index (χ2n) is 4.62. The first-order valence-corrected chi connectivity index (χ1v) is 6.58. The molecule has 0 N–H and O–H groups in total. The van der Waals surface area contributed by atoms with Gasteiger partial charge in [0.1, 0.15) is 5.75 Å². The van der Waals surface area contributed by atoms with Gasteiger partial charge in [-0.05, 0) is 55.9 Å². The van der Waals surface area contributed by atoms with E-state index in [-0.39, 0.29) is 0 Å². The molecule has 2 rings (SSSR count). The van der Waals surface area contributed by atoms with Crippen molar-refractivity contribution in [2.24, 2.45) is 5.92 Å². The summed E-state index contributed by atoms with van der Waals surface area (Å²) in [7, 11) is 0. The van der Waals surface area contributed by atoms with E-state index < -0.39 is 0 Å². The summed E-state index contributed by atoms with van der Waals surface area (Å²) in [6, 6.07) is 7.67. The van der Waals surface area contributed by atoms with Gasteiger partial charge in [0, 0.05) is 5.02 Å². The minimum Gasteiger partial charge on any atom is -0.490 e. The van der Waals surface area contributed by atoms with E-state index in [4.69, 9.17) is 16.3 Å². The lowest BCUT2D eigenvalue weighted by molar-refractivity contribution is 0.130. The van der Waals surface area contributed by atoms with E-state index in [0.717, 1.165) is 16.7 Å². The number of halogens is 1. The van der Waals surface area contributed by atoms with Crippen LogP contribution in [0.1, 0.15) is 39.0 Å². The lowest BCUT2D eigenvalue weighted by Crippen LogP contribution is -2.23. The SMILES string of the molecule is CCC1CCC(Oc2ccc(Cl)cc2)CC1. The van der Waals surface area contributed by atoms with Gasteiger partial charge in [0.2, 0.25) is 0 Å². The van der Waals surface area contributed by atoms with Crippen LogP contribution in [0.4, 0.5) is 0 Å². The molecule has 88 valence electrons. The normalized spacial score (nSPS) is 25.4. The van der Waals surface area contributed by atoms with Crippen LogP contribution >= 0.6 is 11.6 Å². The highest BCUT2D eigenvalue weighted by molar-refractivity contribution is 6.30. The van der Waals surface area contributed by atoms with E-state index >= 15 is 0 Å². The molecule has 0 spiro atoms. The summed E-state index contributed by atoms with van der Waals surface area (Å²) >= 11 is 5.84. The van der Waals surface area contributed by atoms with E-state index in [9.17, 15) is 0 Å². The highest BCUT2D eigenvalue weighted by atomic mass is 35.5. The van der Waals surface area contributed by atoms with Crippen molar-refractivity contribution < 1.29 is 4.74 Å². The van der Waals surface area contributed by atoms with Crippen molar-refractivity contribution in [2.75, 3.05) is 0 Å². The predicted octanol–water partition coefficient (Wildman–Crippen LogP) is 4.69. The largest absolute Gasteiger partial charge is 0.490 e. The standard InChI is InChI=1S/C14H19ClO/c1-2-11-3-7-13(8-4-11)16-14-9-5-12(15)6-10-14/h5-6,9-11,13H,2-4,7-8H2,1H3. The molecule has 0 amide bonds. The zero-order valence-electron chi connectivity index (χ0n) is 9.79. The Kier molecular flexibility index (Phi) is 4.11. The minimum atomic E-state index is 0.406. The Hall–Kier alpha value is -0.690. The third kappa shape index (κ3) is 3.15. The van der Waals surface area contributed by atoms with E-state index in [1.807, 2.05) is 24.3 Å². The molecule has 1 fully saturated rings. The summed E-state index contributed by atoms with van der Waals surface area (Å²) in [4.78, 5) is 0. The molecule has 0 heterocycles. The van der Waals surface area contributed by atoms with Crippen LogP contribution in [-0.4, -0.2) is 6.10 Å². The smallest absolute Gasteiger partial charge is 0.119 e. The number of hydrogen-bond acceptors (Lipinski definition) is 1. The van der Waals surface area contributed by atoms with E-state index in [2.05, 4.69) is 6.92 Å². The highest BCUT2D eigenvalue weighted by Crippen LogP contribution is 2.29. The summed E-state index contributed by atoms with van der Waals surface area (Å²) in [5, 5.41) is 0.766. The fraction of sp³-hybridized carbons (Fsp3) is 0.571. The number of rotatable bonds is 3. The van der Waals surface area contributed by atoms with Crippen LogP contribution in [0.2, 0.25) is 5.02 Å². The molecule has 0 saturated heterocycles. The van der Waals surface area contributed by atoms with Crippen LogP contribution in [0, 0.1) is 5.92 Å². The Bertz CT molecular complexity index is 312. The first-order valence-electron chi connectivity index (χ1n) is 6.20. The molecular weight excluding hydrogens is 220 g/mol. The molecule has 2 heteroatoms. The molecule has 0 aromatic heterocycles. The van der Waals surface area contributed by atoms with Gasteiger partial charge in [-0.15, -0.1) is 0 Å². The lowest BCUT2D eigenvalue weighted by Gasteiger charge is -2.28. The molecule has 1 aliphatic rings. The summed E-state index contributed by atoms with van der Waals surface area (Å²) in [5.41, 5.74) is 0. The fourth-order valence-corrected chi connectivity index (χ4v) is 2.49. The predicted molar refractivity (Wildman–Crippen MR) is 68.1 cm³/mol. The number of ether oxygens (including phenoxy) is 1. The van der Waals surface area contributed by atoms with Crippen LogP contribution < -0.4 is 4.74 Å². The summed E-state index contributed by atoms with van der Waals surface area (Å²) < 4.78 is 5.94. The van der Waals surface area contributed by atoms with Gasteiger partial charge < -0.3 is 4.74 Å². The van der Waals surface area contributed by atoms with E-state index in [1.54, 1.807) is 0 Å². The average molecular weight is 239 g/mol. The molecule has 0 bridgehead atoms. The summed E-state index contributed by atoms with van der Waals surface area (Å²) in [5.74, 6) is 1.87. The third-order valence-corrected chi connectivity index (χ3v) is 3.74. The second-order valence-corrected chi connectivity index (χ2v) is 5.06. The molecule has 1 nitrogen and oxygen atoms in total. The lowest BCUT2D eigenvalue weighted by atomic mass is 9.86. The topological polar surface area (TPSA) is 9.23 Å². The van der Waals surface area contributed by atoms with Crippen LogP contribution in [-0.2, 0) is 0 Å². The number of hydrogen-bond donors (Lipinski definition) is 0. The Morgan fingerprint density at radius 3 is 2.31 bits per heavy atom. The van der Waals surface area contributed by atoms with Crippen LogP contribution in [0.5, 0.6) is 5.75 Å². The first kappa shape index (κ1) is 11.8. The first-order chi connectivity index (χ1) is 7.78. The van der Waals surface area contributed by atoms with Crippen molar-refractivity contribution in [2.45, 2.75) is 45.1 Å². The highest BCUT2D eigenvalue weighted by Gasteiger charge is 2.20. The van der Waals surface area contributed by atoms with Crippen LogP contribution in [0.3, 0.4) is 0 Å². The maximum Gasteiger partial charge on any atom is 0.119 e. The van der Waals surface area contributed by atoms with Crippen molar-refractivity contribution in [3.63, 3.8) is 0 Å². The quantitative estimate of drug-likeness (QED) is 0.743. The van der Waals surface area contributed by atoms with E-state index in [1.165, 1.54) is 32.1 Å². The monoisotopic (exact) mass is 238 g/mol. The van der Waals surface area contributed by atoms with Crippen molar-refractivity contribution in [3.05, 3.63) is 29.3 Å². The Morgan fingerprint density at radius 2 is 1.75 bits per heavy atom. The third-order valence-electron chi connectivity index (χ3n) is 3.49. The average Bonchev–Trinajstić information content (AvgIpc) is 2.33. The van der Waals surface area contributed by atoms with Gasteiger partial charge in [0.25, 0.3) is 0 Å². The Balaban J connectivity index is 1.84. The van der Waals surface area contributed by atoms with Gasteiger partial charge in [0.15, 0.2) is 0 Å². The van der Waals surface area contributed by atoms with Crippen molar-refractivity contribution in [1.29, 1.82) is 0 Å². The van der Waals surface area contributed by atoms with Gasteiger partial charge >= 0.3 is 0 Å². The molecule has 1 aliphatic carbocycles. The zero-order valence-corrected chi connectivity index (χ0v) is 10.5. The van der Waals surface area contributed by atoms with Crippen LogP contribution in [0.15, 0.2) is 24.3 Å². The maximum absolute atomic E-state index is 5.94. The molecule has 16 heavy (non-hydrogen) atoms. The van der Waals surface area contributed by atoms with Gasteiger partial charge in [-0.1, -0.05) is 24.9 Å². The van der Waals surface area contributed by atoms with Crippen molar-refractivity contribution in [1.82, 2.24) is 0 Å². The molecule has 0 aliphatic heterocycles. The molecule has 1 saturated carbocycles. The minimum absolute atomic E-state index is 0.406. The number of benzene rings is 1. The molecule has 0 radical (unpaired) electrons. The maximum atomic E-state index is 5.94. The fourth-order valence-electron chi connectivity index (χ4n) is 2.36. The molecule has 0 unspecified atom stereocenters. The Labute approximate surface area is 103 Å². The van der Waals surface area contributed by atoms with Gasteiger partial charge in [-0.25, -0.2) is 0 Å². The molecule has 0 atom stereocenters. The van der Waals surface area contributed by atoms with Crippen molar-refractivity contribution in [3.8, 4) is 5.75 Å². The van der Waals surface area contributed by atoms with E-state index in [0.29, 0.717) is 6.10 Å². The second kappa shape index (κ2) is 5.58. The molecule has 1 aromatic carbocycles. The van der Waals surface area contributed by atoms with Gasteiger partial charge in [-0.2, -0.15) is 0 Å². The van der Waals surface area contributed by atoms with Gasteiger partial charge in [0.05, 0.1) is 6.10 Å².